The van der Waals surface area contributed by atoms with E-state index in [1.807, 2.05) is 48.5 Å². The zero-order chi connectivity index (χ0) is 23.8. The summed E-state index contributed by atoms with van der Waals surface area (Å²) in [6, 6.07) is 14.8. The Morgan fingerprint density at radius 2 is 1.85 bits per heavy atom. The second-order valence-corrected chi connectivity index (χ2v) is 9.87. The molecule has 172 valence electrons. The number of hydrogen-bond acceptors (Lipinski definition) is 5. The highest BCUT2D eigenvalue weighted by Gasteiger charge is 2.33. The molecule has 0 amide bonds. The number of aromatic nitrogens is 1. The van der Waals surface area contributed by atoms with E-state index in [0.29, 0.717) is 14.8 Å². The first-order valence-electron chi connectivity index (χ1n) is 10.8. The molecule has 1 aromatic heterocycles. The minimum atomic E-state index is -0.581. The van der Waals surface area contributed by atoms with Crippen molar-refractivity contribution in [2.24, 2.45) is 4.99 Å². The van der Waals surface area contributed by atoms with Crippen LogP contribution in [0.15, 0.2) is 75.2 Å². The smallest absolute Gasteiger partial charge is 0.332 e. The third-order valence-corrected chi connectivity index (χ3v) is 7.69. The Labute approximate surface area is 209 Å². The van der Waals surface area contributed by atoms with Crippen LogP contribution in [0.5, 0.6) is 0 Å². The number of allylic oxidation sites excluding steroid dienone is 2. The van der Waals surface area contributed by atoms with Crippen molar-refractivity contribution in [3.63, 3.8) is 0 Å². The van der Waals surface area contributed by atoms with Crippen LogP contribution in [0.2, 0.25) is 10.0 Å². The number of rotatable bonds is 3. The number of fused-ring (bicyclic) bond motifs is 1. The molecule has 3 aromatic rings. The summed E-state index contributed by atoms with van der Waals surface area (Å²) in [7, 11) is 1.28. The van der Waals surface area contributed by atoms with E-state index in [9.17, 15) is 9.59 Å². The molecule has 2 aliphatic rings. The van der Waals surface area contributed by atoms with E-state index in [2.05, 4.69) is 6.08 Å². The number of carbonyl (C=O) groups excluding carboxylic acids is 1. The van der Waals surface area contributed by atoms with Crippen LogP contribution in [0.4, 0.5) is 0 Å². The van der Waals surface area contributed by atoms with Gasteiger partial charge in [-0.2, -0.15) is 0 Å². The number of ether oxygens (including phenoxy) is 1. The molecule has 0 fully saturated rings. The van der Waals surface area contributed by atoms with Gasteiger partial charge in [0.2, 0.25) is 0 Å². The molecule has 0 bridgehead atoms. The van der Waals surface area contributed by atoms with E-state index in [0.717, 1.165) is 47.2 Å². The Balaban J connectivity index is 1.79. The number of halogens is 2. The normalized spacial score (nSPS) is 19.0. The highest BCUT2D eigenvalue weighted by Crippen LogP contribution is 2.42. The first-order valence-corrected chi connectivity index (χ1v) is 12.4. The minimum absolute atomic E-state index is 0.277. The van der Waals surface area contributed by atoms with Crippen LogP contribution < -0.4 is 14.9 Å². The summed E-state index contributed by atoms with van der Waals surface area (Å²) in [6.07, 6.45) is 5.84. The monoisotopic (exact) mass is 510 g/mol. The van der Waals surface area contributed by atoms with Gasteiger partial charge in [-0.1, -0.05) is 70.9 Å². The van der Waals surface area contributed by atoms with Crippen molar-refractivity contribution in [2.75, 3.05) is 7.11 Å². The third-order valence-electron chi connectivity index (χ3n) is 6.02. The van der Waals surface area contributed by atoms with Gasteiger partial charge in [-0.3, -0.25) is 9.36 Å². The second-order valence-electron chi connectivity index (χ2n) is 8.05. The number of hydrogen-bond donors (Lipinski definition) is 0. The van der Waals surface area contributed by atoms with Gasteiger partial charge >= 0.3 is 5.97 Å². The maximum atomic E-state index is 13.4. The first kappa shape index (κ1) is 22.8. The van der Waals surface area contributed by atoms with Crippen LogP contribution in [-0.4, -0.2) is 17.6 Å². The topological polar surface area (TPSA) is 60.7 Å². The fourth-order valence-electron chi connectivity index (χ4n) is 4.48. The van der Waals surface area contributed by atoms with Gasteiger partial charge in [0, 0.05) is 16.1 Å². The van der Waals surface area contributed by atoms with Crippen LogP contribution >= 0.6 is 34.5 Å². The van der Waals surface area contributed by atoms with E-state index >= 15 is 0 Å². The molecule has 1 aliphatic heterocycles. The zero-order valence-electron chi connectivity index (χ0n) is 18.3. The van der Waals surface area contributed by atoms with Gasteiger partial charge < -0.3 is 4.74 Å². The molecule has 0 N–H and O–H groups in total. The molecule has 5 rings (SSSR count). The molecule has 34 heavy (non-hydrogen) atoms. The summed E-state index contributed by atoms with van der Waals surface area (Å²) in [5, 5.41) is 1.25. The lowest BCUT2D eigenvalue weighted by atomic mass is 9.84. The number of methoxy groups -OCH3 is 1. The van der Waals surface area contributed by atoms with E-state index in [1.165, 1.54) is 24.5 Å². The van der Waals surface area contributed by atoms with Crippen LogP contribution in [0.1, 0.15) is 36.4 Å². The SMILES string of the molecule is COC(=O)/C=c1\sc2n(c1=O)C(c1ccccc1Cl)C1=C(N=2)/C(=C/c2ccccc2Cl)CCC1. The fraction of sp³-hybridized carbons (Fsp3) is 0.192. The van der Waals surface area contributed by atoms with E-state index in [1.54, 1.807) is 4.57 Å². The van der Waals surface area contributed by atoms with Crippen LogP contribution in [-0.2, 0) is 9.53 Å². The maximum Gasteiger partial charge on any atom is 0.332 e. The van der Waals surface area contributed by atoms with Crippen molar-refractivity contribution in [1.29, 1.82) is 0 Å². The third kappa shape index (κ3) is 4.06. The Morgan fingerprint density at radius 3 is 2.59 bits per heavy atom. The van der Waals surface area contributed by atoms with Gasteiger partial charge in [0.15, 0.2) is 4.80 Å². The first-order chi connectivity index (χ1) is 16.5. The summed E-state index contributed by atoms with van der Waals surface area (Å²) < 4.78 is 6.67. The molecule has 1 unspecified atom stereocenters. The molecule has 2 heterocycles. The van der Waals surface area contributed by atoms with Crippen molar-refractivity contribution in [1.82, 2.24) is 4.57 Å². The highest BCUT2D eigenvalue weighted by molar-refractivity contribution is 7.07. The lowest BCUT2D eigenvalue weighted by molar-refractivity contribution is -0.133. The van der Waals surface area contributed by atoms with Crippen LogP contribution in [0.25, 0.3) is 12.2 Å². The predicted molar refractivity (Wildman–Crippen MR) is 136 cm³/mol. The quantitative estimate of drug-likeness (QED) is 0.470. The summed E-state index contributed by atoms with van der Waals surface area (Å²) in [5.74, 6) is -0.581. The predicted octanol–water partition coefficient (Wildman–Crippen LogP) is 4.91. The molecular formula is C26H20Cl2N2O3S. The Morgan fingerprint density at radius 1 is 1.12 bits per heavy atom. The molecule has 8 heteroatoms. The number of esters is 1. The molecule has 0 saturated heterocycles. The fourth-order valence-corrected chi connectivity index (χ4v) is 5.87. The van der Waals surface area contributed by atoms with Crippen molar-refractivity contribution in [2.45, 2.75) is 25.3 Å². The molecule has 1 atom stereocenters. The van der Waals surface area contributed by atoms with Gasteiger partial charge in [0.25, 0.3) is 5.56 Å². The number of carbonyl (C=O) groups is 1. The van der Waals surface area contributed by atoms with Crippen LogP contribution in [0, 0.1) is 0 Å². The molecule has 0 spiro atoms. The zero-order valence-corrected chi connectivity index (χ0v) is 20.6. The van der Waals surface area contributed by atoms with Gasteiger partial charge in [-0.25, -0.2) is 9.79 Å². The van der Waals surface area contributed by atoms with Crippen molar-refractivity contribution in [3.8, 4) is 0 Å². The summed E-state index contributed by atoms with van der Waals surface area (Å²) in [5.41, 5.74) is 4.43. The number of nitrogens with zero attached hydrogens (tertiary/aromatic N) is 2. The standard InChI is InChI=1S/C26H20Cl2N2O3S/c1-33-22(31)14-21-25(32)30-24(17-9-3-5-12-20(17)28)18-10-6-8-16(23(18)29-26(30)34-21)13-15-7-2-4-11-19(15)27/h2-5,7,9,11-14,24H,6,8,10H2,1H3/b16-13+,21-14-. The summed E-state index contributed by atoms with van der Waals surface area (Å²) >= 11 is 14.2. The average molecular weight is 511 g/mol. The number of benzene rings is 2. The van der Waals surface area contributed by atoms with Gasteiger partial charge in [-0.05, 0) is 59.7 Å². The molecular weight excluding hydrogens is 491 g/mol. The van der Waals surface area contributed by atoms with Crippen LogP contribution in [0.3, 0.4) is 0 Å². The number of thiazole rings is 1. The second kappa shape index (κ2) is 9.37. The van der Waals surface area contributed by atoms with Gasteiger partial charge in [-0.15, -0.1) is 0 Å². The van der Waals surface area contributed by atoms with E-state index in [-0.39, 0.29) is 10.1 Å². The molecule has 0 saturated carbocycles. The minimum Gasteiger partial charge on any atom is -0.466 e. The van der Waals surface area contributed by atoms with Gasteiger partial charge in [0.05, 0.1) is 18.8 Å². The Hall–Kier alpha value is -2.93. The summed E-state index contributed by atoms with van der Waals surface area (Å²) in [6.45, 7) is 0. The van der Waals surface area contributed by atoms with Crippen molar-refractivity contribution >= 4 is 52.7 Å². The van der Waals surface area contributed by atoms with Crippen molar-refractivity contribution in [3.05, 3.63) is 106 Å². The largest absolute Gasteiger partial charge is 0.466 e. The highest BCUT2D eigenvalue weighted by atomic mass is 35.5. The summed E-state index contributed by atoms with van der Waals surface area (Å²) in [4.78, 5) is 30.8. The molecule has 0 radical (unpaired) electrons. The average Bonchev–Trinajstić information content (AvgIpc) is 3.14. The van der Waals surface area contributed by atoms with Gasteiger partial charge in [0.1, 0.15) is 4.53 Å². The van der Waals surface area contributed by atoms with E-state index < -0.39 is 12.0 Å². The lowest BCUT2D eigenvalue weighted by Gasteiger charge is -2.31. The molecule has 5 nitrogen and oxygen atoms in total. The van der Waals surface area contributed by atoms with E-state index in [4.69, 9.17) is 32.9 Å². The lowest BCUT2D eigenvalue weighted by Crippen LogP contribution is -2.39. The van der Waals surface area contributed by atoms with Crippen molar-refractivity contribution < 1.29 is 9.53 Å². The molecule has 1 aliphatic carbocycles. The Kier molecular flexibility index (Phi) is 6.30. The maximum absolute atomic E-state index is 13.4. The molecule has 2 aromatic carbocycles. The Bertz CT molecular complexity index is 1550.